The van der Waals surface area contributed by atoms with Crippen LogP contribution in [0.5, 0.6) is 5.75 Å². The van der Waals surface area contributed by atoms with Crippen LogP contribution >= 0.6 is 0 Å². The largest absolute Gasteiger partial charge is 0.492 e. The third kappa shape index (κ3) is 2.78. The van der Waals surface area contributed by atoms with Crippen LogP contribution in [-0.4, -0.2) is 41.5 Å². The molecule has 4 rings (SSSR count). The summed E-state index contributed by atoms with van der Waals surface area (Å²) in [5, 5.41) is 8.82. The lowest BCUT2D eigenvalue weighted by Crippen LogP contribution is -2.32. The molecular formula is C18H20F3N3O4. The molecule has 0 bridgehead atoms. The number of anilines is 1. The minimum Gasteiger partial charge on any atom is -0.492 e. The minimum atomic E-state index is -3.25. The van der Waals surface area contributed by atoms with Crippen LogP contribution in [0.1, 0.15) is 37.3 Å². The van der Waals surface area contributed by atoms with E-state index < -0.39 is 34.4 Å². The smallest absolute Gasteiger partial charge is 0.329 e. The van der Waals surface area contributed by atoms with Crippen LogP contribution in [0.4, 0.5) is 18.9 Å². The number of hydrogen-bond donors (Lipinski definition) is 2. The summed E-state index contributed by atoms with van der Waals surface area (Å²) in [6.07, 6.45) is -1.39. The number of aliphatic hydroxyl groups excluding tert-OH is 1. The summed E-state index contributed by atoms with van der Waals surface area (Å²) in [4.78, 5) is 28.4. The molecule has 2 N–H and O–H groups in total. The number of halogens is 3. The van der Waals surface area contributed by atoms with Crippen molar-refractivity contribution < 1.29 is 23.0 Å². The molecule has 0 radical (unpaired) electrons. The van der Waals surface area contributed by atoms with E-state index in [1.165, 1.54) is 16.6 Å². The lowest BCUT2D eigenvalue weighted by molar-refractivity contribution is 0.148. The van der Waals surface area contributed by atoms with Gasteiger partial charge in [-0.1, -0.05) is 0 Å². The number of fused-ring (bicyclic) bond motifs is 1. The molecule has 1 aliphatic heterocycles. The SMILES string of the molecule is COc1c(N2CCC(CO)C2)c(F)c(C(F)F)c2c(=O)[nH]c(=O)n(C3CC3)c12. The maximum absolute atomic E-state index is 15.3. The van der Waals surface area contributed by atoms with Crippen molar-refractivity contribution in [3.8, 4) is 5.75 Å². The Bertz CT molecular complexity index is 1050. The first-order valence-corrected chi connectivity index (χ1v) is 9.10. The monoisotopic (exact) mass is 399 g/mol. The van der Waals surface area contributed by atoms with E-state index >= 15 is 4.39 Å². The zero-order valence-electron chi connectivity index (χ0n) is 15.2. The number of nitrogens with one attached hydrogen (secondary N) is 1. The Labute approximate surface area is 157 Å². The van der Waals surface area contributed by atoms with E-state index in [1.54, 1.807) is 0 Å². The van der Waals surface area contributed by atoms with Crippen molar-refractivity contribution in [1.82, 2.24) is 9.55 Å². The molecular weight excluding hydrogens is 379 g/mol. The average Bonchev–Trinajstić information content (AvgIpc) is 3.37. The third-order valence-corrected chi connectivity index (χ3v) is 5.48. The molecule has 152 valence electrons. The summed E-state index contributed by atoms with van der Waals surface area (Å²) in [7, 11) is 1.25. The molecule has 7 nitrogen and oxygen atoms in total. The molecule has 2 heterocycles. The fourth-order valence-electron chi connectivity index (χ4n) is 4.02. The maximum Gasteiger partial charge on any atom is 0.329 e. The van der Waals surface area contributed by atoms with Gasteiger partial charge in [-0.3, -0.25) is 14.3 Å². The van der Waals surface area contributed by atoms with E-state index in [1.807, 2.05) is 4.98 Å². The molecule has 2 aromatic rings. The van der Waals surface area contributed by atoms with Crippen LogP contribution in [0.3, 0.4) is 0 Å². The molecule has 2 aliphatic rings. The standard InChI is InChI=1S/C18H20F3N3O4/c1-28-15-13-11(17(26)22-18(27)24(13)9-2-3-9)10(16(20)21)12(19)14(15)23-5-4-8(6-23)7-25/h8-9,16,25H,2-7H2,1H3,(H,22,26,27). The van der Waals surface area contributed by atoms with E-state index in [-0.39, 0.29) is 42.1 Å². The second kappa shape index (κ2) is 6.84. The summed E-state index contributed by atoms with van der Waals surface area (Å²) >= 11 is 0. The molecule has 0 spiro atoms. The lowest BCUT2D eigenvalue weighted by atomic mass is 10.0. The van der Waals surface area contributed by atoms with Crippen molar-refractivity contribution in [2.75, 3.05) is 31.7 Å². The third-order valence-electron chi connectivity index (χ3n) is 5.48. The summed E-state index contributed by atoms with van der Waals surface area (Å²) < 4.78 is 49.6. The fraction of sp³-hybridized carbons (Fsp3) is 0.556. The van der Waals surface area contributed by atoms with E-state index in [0.29, 0.717) is 25.8 Å². The molecule has 2 fully saturated rings. The summed E-state index contributed by atoms with van der Waals surface area (Å²) in [5.41, 5.74) is -3.12. The molecule has 1 aliphatic carbocycles. The first-order valence-electron chi connectivity index (χ1n) is 9.10. The van der Waals surface area contributed by atoms with Crippen LogP contribution in [0.25, 0.3) is 10.9 Å². The van der Waals surface area contributed by atoms with Gasteiger partial charge in [-0.05, 0) is 19.3 Å². The number of ether oxygens (including phenoxy) is 1. The Balaban J connectivity index is 2.13. The summed E-state index contributed by atoms with van der Waals surface area (Å²) in [6.45, 7) is 0.487. The number of aromatic amines is 1. The molecule has 1 saturated carbocycles. The van der Waals surface area contributed by atoms with Crippen molar-refractivity contribution in [1.29, 1.82) is 0 Å². The summed E-state index contributed by atoms with van der Waals surface area (Å²) in [5.74, 6) is -1.46. The van der Waals surface area contributed by atoms with Crippen molar-refractivity contribution in [2.24, 2.45) is 5.92 Å². The van der Waals surface area contributed by atoms with Crippen molar-refractivity contribution in [3.63, 3.8) is 0 Å². The van der Waals surface area contributed by atoms with Crippen LogP contribution in [-0.2, 0) is 0 Å². The van der Waals surface area contributed by atoms with Gasteiger partial charge < -0.3 is 14.7 Å². The van der Waals surface area contributed by atoms with Gasteiger partial charge in [0.15, 0.2) is 11.6 Å². The fourth-order valence-corrected chi connectivity index (χ4v) is 4.02. The molecule has 1 aromatic carbocycles. The van der Waals surface area contributed by atoms with Gasteiger partial charge in [0.1, 0.15) is 11.2 Å². The molecule has 1 unspecified atom stereocenters. The van der Waals surface area contributed by atoms with Crippen molar-refractivity contribution in [2.45, 2.75) is 31.7 Å². The van der Waals surface area contributed by atoms with Gasteiger partial charge in [0.2, 0.25) is 0 Å². The quantitative estimate of drug-likeness (QED) is 0.802. The average molecular weight is 399 g/mol. The Kier molecular flexibility index (Phi) is 4.60. The number of rotatable bonds is 5. The number of hydrogen-bond acceptors (Lipinski definition) is 5. The predicted molar refractivity (Wildman–Crippen MR) is 96.0 cm³/mol. The van der Waals surface area contributed by atoms with Crippen molar-refractivity contribution in [3.05, 3.63) is 32.2 Å². The highest BCUT2D eigenvalue weighted by Crippen LogP contribution is 2.46. The van der Waals surface area contributed by atoms with Gasteiger partial charge in [0.05, 0.1) is 18.1 Å². The Morgan fingerprint density at radius 2 is 2.00 bits per heavy atom. The van der Waals surface area contributed by atoms with Gasteiger partial charge in [-0.15, -0.1) is 0 Å². The Morgan fingerprint density at radius 1 is 1.29 bits per heavy atom. The second-order valence-electron chi connectivity index (χ2n) is 7.28. The Hall–Kier alpha value is -2.49. The number of aliphatic hydroxyl groups is 1. The first kappa shape index (κ1) is 18.9. The van der Waals surface area contributed by atoms with Gasteiger partial charge in [0.25, 0.3) is 12.0 Å². The van der Waals surface area contributed by atoms with E-state index in [0.717, 1.165) is 0 Å². The van der Waals surface area contributed by atoms with Gasteiger partial charge in [0, 0.05) is 31.7 Å². The molecule has 1 atom stereocenters. The molecule has 28 heavy (non-hydrogen) atoms. The zero-order valence-corrected chi connectivity index (χ0v) is 15.2. The van der Waals surface area contributed by atoms with Crippen molar-refractivity contribution >= 4 is 16.6 Å². The molecule has 10 heteroatoms. The predicted octanol–water partition coefficient (Wildman–Crippen LogP) is 1.93. The number of methoxy groups -OCH3 is 1. The van der Waals surface area contributed by atoms with Crippen LogP contribution in [0, 0.1) is 11.7 Å². The molecule has 0 amide bonds. The number of aromatic nitrogens is 2. The molecule has 1 aromatic heterocycles. The van der Waals surface area contributed by atoms with E-state index in [4.69, 9.17) is 4.74 Å². The number of nitrogens with zero attached hydrogens (tertiary/aromatic N) is 2. The first-order chi connectivity index (χ1) is 13.4. The summed E-state index contributed by atoms with van der Waals surface area (Å²) in [6, 6.07) is -0.256. The highest BCUT2D eigenvalue weighted by atomic mass is 19.3. The van der Waals surface area contributed by atoms with Gasteiger partial charge in [-0.25, -0.2) is 18.0 Å². The normalized spacial score (nSPS) is 19.8. The number of benzene rings is 1. The zero-order chi connectivity index (χ0) is 20.2. The van der Waals surface area contributed by atoms with E-state index in [2.05, 4.69) is 0 Å². The minimum absolute atomic E-state index is 0.0992. The highest BCUT2D eigenvalue weighted by Gasteiger charge is 2.37. The van der Waals surface area contributed by atoms with Gasteiger partial charge >= 0.3 is 5.69 Å². The van der Waals surface area contributed by atoms with Crippen LogP contribution in [0.15, 0.2) is 9.59 Å². The van der Waals surface area contributed by atoms with E-state index in [9.17, 15) is 23.5 Å². The van der Waals surface area contributed by atoms with Crippen LogP contribution in [0.2, 0.25) is 0 Å². The second-order valence-corrected chi connectivity index (χ2v) is 7.28. The number of H-pyrrole nitrogens is 1. The molecule has 1 saturated heterocycles. The maximum atomic E-state index is 15.3. The van der Waals surface area contributed by atoms with Gasteiger partial charge in [-0.2, -0.15) is 0 Å². The van der Waals surface area contributed by atoms with Crippen LogP contribution < -0.4 is 20.9 Å². The highest BCUT2D eigenvalue weighted by molar-refractivity contribution is 5.94. The topological polar surface area (TPSA) is 87.6 Å². The lowest BCUT2D eigenvalue weighted by Gasteiger charge is -2.25. The number of alkyl halides is 2. The Morgan fingerprint density at radius 3 is 2.54 bits per heavy atom.